The van der Waals surface area contributed by atoms with Gasteiger partial charge in [0.05, 0.1) is 0 Å². The molecule has 1 saturated heterocycles. The van der Waals surface area contributed by atoms with Crippen molar-refractivity contribution in [3.05, 3.63) is 5.82 Å². The molecule has 1 atom stereocenters. The zero-order valence-corrected chi connectivity index (χ0v) is 9.07. The average Bonchev–Trinajstić information content (AvgIpc) is 2.69. The molecule has 1 aliphatic heterocycles. The molecular weight excluding hydrogens is 220 g/mol. The number of nitrogens with two attached hydrogens (primary N) is 1. The monoisotopic (exact) mass is 232 g/mol. The summed E-state index contributed by atoms with van der Waals surface area (Å²) in [5.41, 5.74) is 0. The van der Waals surface area contributed by atoms with Crippen molar-refractivity contribution in [1.82, 2.24) is 14.8 Å². The summed E-state index contributed by atoms with van der Waals surface area (Å²) in [5.74, 6) is 0.511. The van der Waals surface area contributed by atoms with Crippen LogP contribution in [-0.4, -0.2) is 29.8 Å². The first kappa shape index (κ1) is 10.5. The molecule has 0 aromatic carbocycles. The second kappa shape index (κ2) is 3.54. The molecule has 84 valence electrons. The summed E-state index contributed by atoms with van der Waals surface area (Å²) in [6.07, 6.45) is 1.61. The molecule has 1 fully saturated rings. The molecule has 1 unspecified atom stereocenters. The summed E-state index contributed by atoms with van der Waals surface area (Å²) in [4.78, 5) is 0. The van der Waals surface area contributed by atoms with E-state index < -0.39 is 10.0 Å². The smallest absolute Gasteiger partial charge is 0.273 e. The number of sulfonamides is 1. The zero-order valence-electron chi connectivity index (χ0n) is 8.25. The Morgan fingerprint density at radius 2 is 2.27 bits per heavy atom. The van der Waals surface area contributed by atoms with Gasteiger partial charge in [0.25, 0.3) is 15.2 Å². The number of nitrogens with zero attached hydrogens (tertiary/aromatic N) is 3. The van der Waals surface area contributed by atoms with E-state index in [-0.39, 0.29) is 11.3 Å². The molecule has 2 rings (SSSR count). The van der Waals surface area contributed by atoms with Crippen molar-refractivity contribution in [1.29, 1.82) is 0 Å². The fourth-order valence-electron chi connectivity index (χ4n) is 1.64. The lowest BCUT2D eigenvalue weighted by atomic mass is 10.2. The van der Waals surface area contributed by atoms with Crippen LogP contribution in [0.5, 0.6) is 0 Å². The van der Waals surface area contributed by atoms with Crippen LogP contribution in [0.3, 0.4) is 0 Å². The van der Waals surface area contributed by atoms with E-state index in [1.165, 1.54) is 4.57 Å². The Kier molecular flexibility index (Phi) is 2.49. The third kappa shape index (κ3) is 1.87. The lowest BCUT2D eigenvalue weighted by Crippen LogP contribution is -2.18. The van der Waals surface area contributed by atoms with Crippen molar-refractivity contribution in [3.8, 4) is 0 Å². The minimum Gasteiger partial charge on any atom is -0.370 e. The summed E-state index contributed by atoms with van der Waals surface area (Å²) < 4.78 is 28.9. The van der Waals surface area contributed by atoms with Crippen LogP contribution in [0.15, 0.2) is 5.16 Å². The summed E-state index contributed by atoms with van der Waals surface area (Å²) in [5, 5.41) is 12.1. The molecule has 0 radical (unpaired) electrons. The fraction of sp³-hybridized carbons (Fsp3) is 0.714. The van der Waals surface area contributed by atoms with E-state index in [1.54, 1.807) is 7.05 Å². The van der Waals surface area contributed by atoms with Gasteiger partial charge in [-0.1, -0.05) is 0 Å². The largest absolute Gasteiger partial charge is 0.370 e. The van der Waals surface area contributed by atoms with Gasteiger partial charge in [-0.3, -0.25) is 0 Å². The maximum absolute atomic E-state index is 11.1. The number of hydrogen-bond donors (Lipinski definition) is 1. The van der Waals surface area contributed by atoms with E-state index >= 15 is 0 Å². The lowest BCUT2D eigenvalue weighted by molar-refractivity contribution is 0.102. The van der Waals surface area contributed by atoms with Crippen LogP contribution in [0, 0.1) is 0 Å². The maximum atomic E-state index is 11.1. The highest BCUT2D eigenvalue weighted by Crippen LogP contribution is 2.27. The molecule has 1 aromatic heterocycles. The second-order valence-electron chi connectivity index (χ2n) is 3.45. The van der Waals surface area contributed by atoms with Gasteiger partial charge < -0.3 is 9.30 Å². The molecule has 7 nitrogen and oxygen atoms in total. The van der Waals surface area contributed by atoms with Crippen molar-refractivity contribution < 1.29 is 13.2 Å². The number of hydrogen-bond acceptors (Lipinski definition) is 5. The topological polar surface area (TPSA) is 100 Å². The highest BCUT2D eigenvalue weighted by molar-refractivity contribution is 7.89. The maximum Gasteiger partial charge on any atom is 0.273 e. The Bertz CT molecular complexity index is 461. The van der Waals surface area contributed by atoms with Crippen molar-refractivity contribution >= 4 is 10.0 Å². The predicted octanol–water partition coefficient (Wildman–Crippen LogP) is -0.686. The van der Waals surface area contributed by atoms with Crippen LogP contribution in [0.4, 0.5) is 0 Å². The molecule has 15 heavy (non-hydrogen) atoms. The first-order valence-corrected chi connectivity index (χ1v) is 6.08. The molecule has 1 aliphatic rings. The molecule has 0 aliphatic carbocycles. The van der Waals surface area contributed by atoms with Gasteiger partial charge >= 0.3 is 0 Å². The molecule has 2 heterocycles. The van der Waals surface area contributed by atoms with Gasteiger partial charge in [-0.15, -0.1) is 10.2 Å². The number of primary sulfonamides is 1. The molecule has 2 N–H and O–H groups in total. The Balaban J connectivity index is 2.39. The van der Waals surface area contributed by atoms with Crippen LogP contribution in [0.1, 0.15) is 24.8 Å². The first-order valence-electron chi connectivity index (χ1n) is 4.54. The SMILES string of the molecule is Cn1c(C2CCCO2)nnc1S(N)(=O)=O. The van der Waals surface area contributed by atoms with Gasteiger partial charge in [-0.25, -0.2) is 13.6 Å². The highest BCUT2D eigenvalue weighted by Gasteiger charge is 2.26. The van der Waals surface area contributed by atoms with Crippen molar-refractivity contribution in [2.75, 3.05) is 6.61 Å². The number of rotatable bonds is 2. The van der Waals surface area contributed by atoms with Crippen LogP contribution < -0.4 is 5.14 Å². The van der Waals surface area contributed by atoms with Gasteiger partial charge in [0.1, 0.15) is 6.10 Å². The van der Waals surface area contributed by atoms with Gasteiger partial charge in [-0.05, 0) is 12.8 Å². The Morgan fingerprint density at radius 3 is 2.73 bits per heavy atom. The second-order valence-corrected chi connectivity index (χ2v) is 4.90. The molecule has 8 heteroatoms. The van der Waals surface area contributed by atoms with Gasteiger partial charge in [-0.2, -0.15) is 0 Å². The summed E-state index contributed by atoms with van der Waals surface area (Å²) in [7, 11) is -2.24. The number of aromatic nitrogens is 3. The Labute approximate surface area is 87.3 Å². The normalized spacial score (nSPS) is 22.1. The van der Waals surface area contributed by atoms with E-state index in [9.17, 15) is 8.42 Å². The van der Waals surface area contributed by atoms with Crippen molar-refractivity contribution in [2.24, 2.45) is 12.2 Å². The standard InChI is InChI=1S/C7H12N4O3S/c1-11-6(5-3-2-4-14-5)9-10-7(11)15(8,12)13/h5H,2-4H2,1H3,(H2,8,12,13). The van der Waals surface area contributed by atoms with Crippen LogP contribution in [0.25, 0.3) is 0 Å². The highest BCUT2D eigenvalue weighted by atomic mass is 32.2. The van der Waals surface area contributed by atoms with Crippen molar-refractivity contribution in [3.63, 3.8) is 0 Å². The fourth-order valence-corrected chi connectivity index (χ4v) is 2.27. The Hall–Kier alpha value is -0.990. The molecule has 0 amide bonds. The Morgan fingerprint density at radius 1 is 1.53 bits per heavy atom. The quantitative estimate of drug-likeness (QED) is 0.727. The van der Waals surface area contributed by atoms with E-state index in [4.69, 9.17) is 9.88 Å². The molecule has 1 aromatic rings. The molecule has 0 saturated carbocycles. The predicted molar refractivity (Wildman–Crippen MR) is 50.3 cm³/mol. The van der Waals surface area contributed by atoms with E-state index in [1.807, 2.05) is 0 Å². The van der Waals surface area contributed by atoms with Gasteiger partial charge in [0.2, 0.25) is 0 Å². The zero-order chi connectivity index (χ0) is 11.1. The third-order valence-corrected chi connectivity index (χ3v) is 3.21. The molecular formula is C7H12N4O3S. The van der Waals surface area contributed by atoms with E-state index in [2.05, 4.69) is 10.2 Å². The van der Waals surface area contributed by atoms with Gasteiger partial charge in [0, 0.05) is 13.7 Å². The molecule has 0 bridgehead atoms. The van der Waals surface area contributed by atoms with Crippen LogP contribution in [-0.2, 0) is 21.8 Å². The van der Waals surface area contributed by atoms with E-state index in [0.717, 1.165) is 12.8 Å². The summed E-state index contributed by atoms with van der Waals surface area (Å²) in [6, 6.07) is 0. The molecule has 0 spiro atoms. The van der Waals surface area contributed by atoms with Crippen LogP contribution >= 0.6 is 0 Å². The minimum atomic E-state index is -3.81. The average molecular weight is 232 g/mol. The first-order chi connectivity index (χ1) is 7.00. The third-order valence-electron chi connectivity index (χ3n) is 2.34. The minimum absolute atomic E-state index is 0.169. The lowest BCUT2D eigenvalue weighted by Gasteiger charge is -2.08. The number of ether oxygens (including phenoxy) is 1. The summed E-state index contributed by atoms with van der Waals surface area (Å²) in [6.45, 7) is 0.669. The van der Waals surface area contributed by atoms with Gasteiger partial charge in [0.15, 0.2) is 5.82 Å². The van der Waals surface area contributed by atoms with Crippen molar-refractivity contribution in [2.45, 2.75) is 24.1 Å². The van der Waals surface area contributed by atoms with Crippen LogP contribution in [0.2, 0.25) is 0 Å². The summed E-state index contributed by atoms with van der Waals surface area (Å²) >= 11 is 0. The van der Waals surface area contributed by atoms with E-state index in [0.29, 0.717) is 12.4 Å².